The Bertz CT molecular complexity index is 752. The van der Waals surface area contributed by atoms with Crippen LogP contribution < -0.4 is 15.3 Å². The fourth-order valence-electron chi connectivity index (χ4n) is 3.51. The lowest BCUT2D eigenvalue weighted by molar-refractivity contribution is 0.0705. The molecule has 0 spiro atoms. The van der Waals surface area contributed by atoms with E-state index in [1.807, 2.05) is 0 Å². The molecule has 124 valence electrons. The Morgan fingerprint density at radius 1 is 1.12 bits per heavy atom. The van der Waals surface area contributed by atoms with E-state index in [1.54, 1.807) is 17.6 Å². The number of nitrogens with one attached hydrogen (secondary N) is 1. The Labute approximate surface area is 137 Å². The van der Waals surface area contributed by atoms with E-state index in [2.05, 4.69) is 19.8 Å². The normalized spacial score (nSPS) is 22.1. The van der Waals surface area contributed by atoms with Crippen LogP contribution in [0.1, 0.15) is 16.8 Å². The molecule has 0 radical (unpaired) electrons. The van der Waals surface area contributed by atoms with Crippen molar-refractivity contribution in [2.45, 2.75) is 18.5 Å². The number of rotatable bonds is 3. The van der Waals surface area contributed by atoms with Gasteiger partial charge in [-0.2, -0.15) is 0 Å². The van der Waals surface area contributed by atoms with Gasteiger partial charge in [-0.25, -0.2) is 19.8 Å². The maximum Gasteiger partial charge on any atom is 0.277 e. The standard InChI is InChI=1S/C16H16FN5O2/c17-11-1-3-12(4-2-11)21-8-14-5-13(21)9-22(14)16-18-6-10(7-19-16)15(23)20-24/h1-4,6-7,13-14,24H,5,8-9H2,(H,20,23)/t13-,14-/m1/s1. The molecule has 1 amide bonds. The lowest BCUT2D eigenvalue weighted by Crippen LogP contribution is -2.47. The first-order valence-corrected chi connectivity index (χ1v) is 7.71. The van der Waals surface area contributed by atoms with Crippen LogP contribution in [-0.2, 0) is 0 Å². The number of fused-ring (bicyclic) bond motifs is 2. The predicted octanol–water partition coefficient (Wildman–Crippen LogP) is 1.20. The van der Waals surface area contributed by atoms with E-state index in [0.717, 1.165) is 25.2 Å². The zero-order valence-electron chi connectivity index (χ0n) is 12.8. The van der Waals surface area contributed by atoms with E-state index < -0.39 is 5.91 Å². The summed E-state index contributed by atoms with van der Waals surface area (Å²) in [6.45, 7) is 1.62. The smallest absolute Gasteiger partial charge is 0.277 e. The topological polar surface area (TPSA) is 81.6 Å². The van der Waals surface area contributed by atoms with Gasteiger partial charge in [-0.1, -0.05) is 0 Å². The zero-order chi connectivity index (χ0) is 16.7. The summed E-state index contributed by atoms with van der Waals surface area (Å²) >= 11 is 0. The van der Waals surface area contributed by atoms with Crippen molar-refractivity contribution in [3.8, 4) is 0 Å². The molecule has 1 aromatic carbocycles. The zero-order valence-corrected chi connectivity index (χ0v) is 12.8. The van der Waals surface area contributed by atoms with Gasteiger partial charge >= 0.3 is 0 Å². The second-order valence-corrected chi connectivity index (χ2v) is 6.04. The van der Waals surface area contributed by atoms with E-state index in [4.69, 9.17) is 5.21 Å². The Balaban J connectivity index is 1.48. The number of piperazine rings is 1. The van der Waals surface area contributed by atoms with Crippen LogP contribution in [0.4, 0.5) is 16.0 Å². The maximum atomic E-state index is 13.1. The molecule has 3 heterocycles. The second kappa shape index (κ2) is 5.72. The van der Waals surface area contributed by atoms with Gasteiger partial charge in [0.1, 0.15) is 5.82 Å². The number of amides is 1. The van der Waals surface area contributed by atoms with Crippen molar-refractivity contribution in [3.05, 3.63) is 48.0 Å². The van der Waals surface area contributed by atoms with E-state index in [-0.39, 0.29) is 17.4 Å². The number of anilines is 2. The Morgan fingerprint density at radius 2 is 1.75 bits per heavy atom. The molecule has 2 saturated heterocycles. The quantitative estimate of drug-likeness (QED) is 0.650. The minimum Gasteiger partial charge on any atom is -0.365 e. The van der Waals surface area contributed by atoms with Crippen molar-refractivity contribution in [3.63, 3.8) is 0 Å². The molecule has 1 aromatic heterocycles. The summed E-state index contributed by atoms with van der Waals surface area (Å²) in [5.41, 5.74) is 2.79. The number of halogens is 1. The van der Waals surface area contributed by atoms with Gasteiger partial charge in [0.2, 0.25) is 5.95 Å². The second-order valence-electron chi connectivity index (χ2n) is 6.04. The summed E-state index contributed by atoms with van der Waals surface area (Å²) in [5.74, 6) is -0.284. The highest BCUT2D eigenvalue weighted by Crippen LogP contribution is 2.36. The van der Waals surface area contributed by atoms with E-state index in [1.165, 1.54) is 24.5 Å². The molecule has 2 fully saturated rings. The molecule has 0 unspecified atom stereocenters. The molecule has 0 aliphatic carbocycles. The van der Waals surface area contributed by atoms with Crippen LogP contribution in [0.25, 0.3) is 0 Å². The lowest BCUT2D eigenvalue weighted by Gasteiger charge is -2.35. The molecule has 2 aromatic rings. The predicted molar refractivity (Wildman–Crippen MR) is 84.6 cm³/mol. The van der Waals surface area contributed by atoms with Crippen LogP contribution in [0.2, 0.25) is 0 Å². The van der Waals surface area contributed by atoms with Gasteiger partial charge in [-0.3, -0.25) is 10.0 Å². The molecule has 24 heavy (non-hydrogen) atoms. The third-order valence-corrected chi connectivity index (χ3v) is 4.66. The highest BCUT2D eigenvalue weighted by molar-refractivity contribution is 5.92. The molecule has 2 atom stereocenters. The van der Waals surface area contributed by atoms with Crippen LogP contribution in [-0.4, -0.2) is 46.3 Å². The Morgan fingerprint density at radius 3 is 2.33 bits per heavy atom. The summed E-state index contributed by atoms with van der Waals surface area (Å²) in [6.07, 6.45) is 3.80. The van der Waals surface area contributed by atoms with Crippen LogP contribution >= 0.6 is 0 Å². The fourth-order valence-corrected chi connectivity index (χ4v) is 3.51. The Kier molecular flexibility index (Phi) is 3.53. The molecule has 2 N–H and O–H groups in total. The van der Waals surface area contributed by atoms with Crippen LogP contribution in [0, 0.1) is 5.82 Å². The van der Waals surface area contributed by atoms with Gasteiger partial charge in [0, 0.05) is 37.2 Å². The molecule has 2 aliphatic rings. The first kappa shape index (κ1) is 14.8. The van der Waals surface area contributed by atoms with Crippen molar-refractivity contribution < 1.29 is 14.4 Å². The summed E-state index contributed by atoms with van der Waals surface area (Å²) in [6, 6.07) is 7.19. The number of carbonyl (C=O) groups is 1. The number of hydrogen-bond donors (Lipinski definition) is 2. The fraction of sp³-hybridized carbons (Fsp3) is 0.312. The number of hydroxylamine groups is 1. The molecule has 7 nitrogen and oxygen atoms in total. The molecule has 2 aliphatic heterocycles. The number of hydrogen-bond acceptors (Lipinski definition) is 6. The van der Waals surface area contributed by atoms with Crippen molar-refractivity contribution in [2.24, 2.45) is 0 Å². The first-order valence-electron chi connectivity index (χ1n) is 7.71. The third-order valence-electron chi connectivity index (χ3n) is 4.66. The number of benzene rings is 1. The largest absolute Gasteiger partial charge is 0.365 e. The van der Waals surface area contributed by atoms with E-state index in [9.17, 15) is 9.18 Å². The van der Waals surface area contributed by atoms with Crippen molar-refractivity contribution in [1.82, 2.24) is 15.4 Å². The average molecular weight is 329 g/mol. The minimum absolute atomic E-state index is 0.207. The maximum absolute atomic E-state index is 13.1. The molecule has 8 heteroatoms. The van der Waals surface area contributed by atoms with Gasteiger partial charge in [0.05, 0.1) is 11.6 Å². The van der Waals surface area contributed by atoms with Crippen molar-refractivity contribution in [2.75, 3.05) is 22.9 Å². The SMILES string of the molecule is O=C(NO)c1cnc(N2C[C@H]3C[C@@H]2CN3c2ccc(F)cc2)nc1. The van der Waals surface area contributed by atoms with Gasteiger partial charge in [-0.15, -0.1) is 0 Å². The van der Waals surface area contributed by atoms with Crippen LogP contribution in [0.15, 0.2) is 36.7 Å². The Hall–Kier alpha value is -2.74. The van der Waals surface area contributed by atoms with Gasteiger partial charge in [0.15, 0.2) is 0 Å². The molecule has 0 saturated carbocycles. The highest BCUT2D eigenvalue weighted by Gasteiger charge is 2.44. The van der Waals surface area contributed by atoms with E-state index >= 15 is 0 Å². The third kappa shape index (κ3) is 2.44. The van der Waals surface area contributed by atoms with E-state index in [0.29, 0.717) is 12.0 Å². The molecule has 4 rings (SSSR count). The minimum atomic E-state index is -0.632. The summed E-state index contributed by atoms with van der Waals surface area (Å²) < 4.78 is 13.1. The van der Waals surface area contributed by atoms with Gasteiger partial charge in [-0.05, 0) is 30.7 Å². The van der Waals surface area contributed by atoms with Gasteiger partial charge < -0.3 is 9.80 Å². The lowest BCUT2D eigenvalue weighted by atomic mass is 10.2. The summed E-state index contributed by atoms with van der Waals surface area (Å²) in [5, 5.41) is 8.62. The monoisotopic (exact) mass is 329 g/mol. The highest BCUT2D eigenvalue weighted by atomic mass is 19.1. The number of aromatic nitrogens is 2. The van der Waals surface area contributed by atoms with Crippen LogP contribution in [0.3, 0.4) is 0 Å². The number of carbonyl (C=O) groups excluding carboxylic acids is 1. The van der Waals surface area contributed by atoms with Crippen LogP contribution in [0.5, 0.6) is 0 Å². The molecular weight excluding hydrogens is 313 g/mol. The molecular formula is C16H16FN5O2. The summed E-state index contributed by atoms with van der Waals surface area (Å²) in [4.78, 5) is 24.2. The van der Waals surface area contributed by atoms with Crippen molar-refractivity contribution in [1.29, 1.82) is 0 Å². The average Bonchev–Trinajstić information content (AvgIpc) is 3.22. The van der Waals surface area contributed by atoms with Gasteiger partial charge in [0.25, 0.3) is 5.91 Å². The first-order chi connectivity index (χ1) is 11.7. The summed E-state index contributed by atoms with van der Waals surface area (Å²) in [7, 11) is 0. The molecule has 2 bridgehead atoms. The number of nitrogens with zero attached hydrogens (tertiary/aromatic N) is 4. The van der Waals surface area contributed by atoms with Crippen molar-refractivity contribution >= 4 is 17.5 Å².